The molecule has 2 saturated carbocycles. The molecule has 0 N–H and O–H groups in total. The molecule has 1 heteroatoms. The smallest absolute Gasteiger partial charge is 0.0543 e. The van der Waals surface area contributed by atoms with Gasteiger partial charge in [-0.2, -0.15) is 0 Å². The fourth-order valence-corrected chi connectivity index (χ4v) is 12.3. The van der Waals surface area contributed by atoms with Crippen LogP contribution >= 0.6 is 0 Å². The lowest BCUT2D eigenvalue weighted by atomic mass is 9.52. The predicted molar refractivity (Wildman–Crippen MR) is 228 cm³/mol. The summed E-state index contributed by atoms with van der Waals surface area (Å²) in [6, 6.07) is 53.8. The van der Waals surface area contributed by atoms with Crippen LogP contribution in [0.2, 0.25) is 0 Å². The van der Waals surface area contributed by atoms with Crippen LogP contribution in [-0.4, -0.2) is 0 Å². The number of hydrogen-bond acceptors (Lipinski definition) is 1. The molecule has 6 aromatic rings. The zero-order valence-electron chi connectivity index (χ0n) is 32.3. The Hall–Kier alpha value is -4.88. The molecule has 0 saturated heterocycles. The van der Waals surface area contributed by atoms with E-state index < -0.39 is 0 Å². The van der Waals surface area contributed by atoms with E-state index in [1.807, 2.05) is 0 Å². The number of rotatable bonds is 7. The Kier molecular flexibility index (Phi) is 8.20. The molecule has 0 aliphatic heterocycles. The minimum Gasteiger partial charge on any atom is -0.310 e. The molecule has 2 fully saturated rings. The van der Waals surface area contributed by atoms with Crippen molar-refractivity contribution in [2.24, 2.45) is 17.8 Å². The van der Waals surface area contributed by atoms with Crippen LogP contribution in [0.3, 0.4) is 0 Å². The Morgan fingerprint density at radius 3 is 1.80 bits per heavy atom. The zero-order chi connectivity index (χ0) is 36.4. The quantitative estimate of drug-likeness (QED) is 0.160. The molecule has 4 aliphatic rings. The van der Waals surface area contributed by atoms with E-state index in [-0.39, 0.29) is 10.8 Å². The van der Waals surface area contributed by atoms with E-state index in [9.17, 15) is 0 Å². The van der Waals surface area contributed by atoms with Crippen LogP contribution in [0.25, 0.3) is 33.4 Å². The maximum Gasteiger partial charge on any atom is 0.0543 e. The van der Waals surface area contributed by atoms with Gasteiger partial charge in [-0.15, -0.1) is 0 Å². The molecule has 0 bridgehead atoms. The molecule has 2 unspecified atom stereocenters. The van der Waals surface area contributed by atoms with Crippen molar-refractivity contribution in [1.29, 1.82) is 0 Å². The van der Waals surface area contributed by atoms with Crippen molar-refractivity contribution in [2.45, 2.75) is 89.4 Å². The van der Waals surface area contributed by atoms with E-state index in [4.69, 9.17) is 0 Å². The molecule has 0 aromatic heterocycles. The highest BCUT2D eigenvalue weighted by Gasteiger charge is 2.55. The van der Waals surface area contributed by atoms with Crippen LogP contribution < -0.4 is 4.90 Å². The molecular formula is C53H53N. The first kappa shape index (κ1) is 33.7. The van der Waals surface area contributed by atoms with Crippen LogP contribution in [0.15, 0.2) is 140 Å². The summed E-state index contributed by atoms with van der Waals surface area (Å²) in [5.41, 5.74) is 18.4. The largest absolute Gasteiger partial charge is 0.310 e. The minimum absolute atomic E-state index is 0.0351. The van der Waals surface area contributed by atoms with Gasteiger partial charge < -0.3 is 4.90 Å². The van der Waals surface area contributed by atoms with Crippen LogP contribution in [-0.2, 0) is 10.8 Å². The maximum atomic E-state index is 2.62. The summed E-state index contributed by atoms with van der Waals surface area (Å²) in [7, 11) is 0. The van der Waals surface area contributed by atoms with E-state index in [0.717, 1.165) is 5.92 Å². The lowest BCUT2D eigenvalue weighted by Crippen LogP contribution is -2.47. The molecule has 6 aromatic carbocycles. The number of hydrogen-bond donors (Lipinski definition) is 0. The van der Waals surface area contributed by atoms with Gasteiger partial charge in [0.05, 0.1) is 5.69 Å². The molecule has 54 heavy (non-hydrogen) atoms. The zero-order valence-corrected chi connectivity index (χ0v) is 32.3. The van der Waals surface area contributed by atoms with Gasteiger partial charge in [-0.05, 0) is 124 Å². The first-order valence-corrected chi connectivity index (χ1v) is 21.1. The van der Waals surface area contributed by atoms with Gasteiger partial charge in [0.2, 0.25) is 0 Å². The molecule has 0 heterocycles. The minimum atomic E-state index is 0.0351. The molecule has 270 valence electrons. The summed E-state index contributed by atoms with van der Waals surface area (Å²) in [6.45, 7) is 7.34. The van der Waals surface area contributed by atoms with Crippen molar-refractivity contribution in [3.05, 3.63) is 162 Å². The Morgan fingerprint density at radius 1 is 0.500 bits per heavy atom. The molecule has 10 rings (SSSR count). The van der Waals surface area contributed by atoms with Crippen LogP contribution in [0.4, 0.5) is 17.1 Å². The van der Waals surface area contributed by atoms with Gasteiger partial charge in [0.25, 0.3) is 0 Å². The van der Waals surface area contributed by atoms with E-state index in [0.29, 0.717) is 11.8 Å². The highest BCUT2D eigenvalue weighted by Crippen LogP contribution is 2.65. The summed E-state index contributed by atoms with van der Waals surface area (Å²) in [6.07, 6.45) is 11.4. The number of benzene rings is 6. The normalized spacial score (nSPS) is 22.9. The SMILES string of the molecule is CCC1CC(CC)C2(c3ccccc3-c3c(N(c4ccc(-c5ccccc5)cc4)c4ccc5c(c4)C4(CCCC4)c4ccccc4-5)cccc32)C(CC)C1. The van der Waals surface area contributed by atoms with Gasteiger partial charge in [-0.25, -0.2) is 0 Å². The third kappa shape index (κ3) is 4.76. The predicted octanol–water partition coefficient (Wildman–Crippen LogP) is 14.8. The van der Waals surface area contributed by atoms with Gasteiger partial charge >= 0.3 is 0 Å². The van der Waals surface area contributed by atoms with Crippen LogP contribution in [0.5, 0.6) is 0 Å². The van der Waals surface area contributed by atoms with Crippen molar-refractivity contribution >= 4 is 17.1 Å². The monoisotopic (exact) mass is 703 g/mol. The fourth-order valence-electron chi connectivity index (χ4n) is 12.3. The third-order valence-corrected chi connectivity index (χ3v) is 14.7. The van der Waals surface area contributed by atoms with Crippen molar-refractivity contribution < 1.29 is 0 Å². The number of anilines is 3. The maximum absolute atomic E-state index is 2.62. The summed E-state index contributed by atoms with van der Waals surface area (Å²) in [5, 5.41) is 0. The topological polar surface area (TPSA) is 3.24 Å². The average molecular weight is 704 g/mol. The third-order valence-electron chi connectivity index (χ3n) is 14.7. The van der Waals surface area contributed by atoms with Crippen molar-refractivity contribution in [3.8, 4) is 33.4 Å². The van der Waals surface area contributed by atoms with Gasteiger partial charge in [-0.3, -0.25) is 0 Å². The Morgan fingerprint density at radius 2 is 1.09 bits per heavy atom. The van der Waals surface area contributed by atoms with Gasteiger partial charge in [0, 0.05) is 27.8 Å². The van der Waals surface area contributed by atoms with Gasteiger partial charge in [0.15, 0.2) is 0 Å². The lowest BCUT2D eigenvalue weighted by molar-refractivity contribution is 0.0905. The van der Waals surface area contributed by atoms with E-state index in [2.05, 4.69) is 165 Å². The Labute approximate surface area is 323 Å². The number of fused-ring (bicyclic) bond motifs is 10. The standard InChI is InChI=1S/C53H53N/c1-4-36-33-39(5-2)53(40(6-3)34-36)47-22-13-11-20-45(47)51-48(53)23-16-24-50(51)54(41-27-25-38(26-28-41)37-17-8-7-9-18-37)42-29-30-44-43-19-10-12-21-46(43)52(49(44)35-42)31-14-15-32-52/h7-13,16-30,35-36,39-40H,4-6,14-15,31-34H2,1-3H3. The van der Waals surface area contributed by atoms with Crippen molar-refractivity contribution in [3.63, 3.8) is 0 Å². The molecule has 0 radical (unpaired) electrons. The molecular weight excluding hydrogens is 651 g/mol. The second-order valence-electron chi connectivity index (χ2n) is 16.9. The van der Waals surface area contributed by atoms with Crippen molar-refractivity contribution in [2.75, 3.05) is 4.90 Å². The van der Waals surface area contributed by atoms with Gasteiger partial charge in [-0.1, -0.05) is 162 Å². The summed E-state index contributed by atoms with van der Waals surface area (Å²) < 4.78 is 0. The molecule has 2 spiro atoms. The Balaban J connectivity index is 1.21. The van der Waals surface area contributed by atoms with E-state index in [1.54, 1.807) is 16.7 Å². The number of nitrogens with zero attached hydrogens (tertiary/aromatic N) is 1. The highest BCUT2D eigenvalue weighted by molar-refractivity contribution is 5.96. The second-order valence-corrected chi connectivity index (χ2v) is 16.9. The van der Waals surface area contributed by atoms with E-state index in [1.165, 1.54) is 114 Å². The molecule has 4 aliphatic carbocycles. The molecule has 0 amide bonds. The molecule has 1 nitrogen and oxygen atoms in total. The van der Waals surface area contributed by atoms with Gasteiger partial charge in [0.1, 0.15) is 0 Å². The summed E-state index contributed by atoms with van der Waals surface area (Å²) >= 11 is 0. The molecule has 2 atom stereocenters. The lowest BCUT2D eigenvalue weighted by Gasteiger charge is -2.51. The Bertz CT molecular complexity index is 2310. The second kappa shape index (κ2) is 13.2. The first-order valence-electron chi connectivity index (χ1n) is 21.1. The van der Waals surface area contributed by atoms with Crippen LogP contribution in [0, 0.1) is 17.8 Å². The summed E-state index contributed by atoms with van der Waals surface area (Å²) in [4.78, 5) is 2.62. The average Bonchev–Trinajstić information content (AvgIpc) is 3.92. The summed E-state index contributed by atoms with van der Waals surface area (Å²) in [5.74, 6) is 2.05. The van der Waals surface area contributed by atoms with Crippen molar-refractivity contribution in [1.82, 2.24) is 0 Å². The highest BCUT2D eigenvalue weighted by atomic mass is 15.1. The fraction of sp³-hybridized carbons (Fsp3) is 0.321. The van der Waals surface area contributed by atoms with E-state index >= 15 is 0 Å². The van der Waals surface area contributed by atoms with Crippen LogP contribution in [0.1, 0.15) is 101 Å². The first-order chi connectivity index (χ1) is 26.6.